The number of hydrogen-bond donors (Lipinski definition) is 1. The van der Waals surface area contributed by atoms with Gasteiger partial charge < -0.3 is 10.1 Å². The summed E-state index contributed by atoms with van der Waals surface area (Å²) in [4.78, 5) is 17.6. The third-order valence-electron chi connectivity index (χ3n) is 4.05. The summed E-state index contributed by atoms with van der Waals surface area (Å²) in [5.41, 5.74) is 1.67. The Morgan fingerprint density at radius 3 is 2.83 bits per heavy atom. The van der Waals surface area contributed by atoms with E-state index < -0.39 is 5.25 Å². The van der Waals surface area contributed by atoms with E-state index in [0.717, 1.165) is 21.5 Å². The summed E-state index contributed by atoms with van der Waals surface area (Å²) in [6, 6.07) is 15.2. The molecule has 4 rings (SSSR count). The van der Waals surface area contributed by atoms with Gasteiger partial charge in [0.1, 0.15) is 11.0 Å². The molecule has 29 heavy (non-hydrogen) atoms. The molecule has 4 aromatic rings. The van der Waals surface area contributed by atoms with Gasteiger partial charge >= 0.3 is 0 Å². The van der Waals surface area contributed by atoms with Gasteiger partial charge in [-0.2, -0.15) is 0 Å². The Morgan fingerprint density at radius 1 is 1.28 bits per heavy atom. The molecule has 0 bridgehead atoms. The SMILES string of the molecule is CCOc1ccc2nc(NC(=O)[C@H](Sc3nnnn3C)c3ccccc3)sc2c1. The highest BCUT2D eigenvalue weighted by molar-refractivity contribution is 8.00. The summed E-state index contributed by atoms with van der Waals surface area (Å²) in [7, 11) is 1.74. The summed E-state index contributed by atoms with van der Waals surface area (Å²) in [6.07, 6.45) is 0. The monoisotopic (exact) mass is 426 g/mol. The second-order valence-corrected chi connectivity index (χ2v) is 8.17. The van der Waals surface area contributed by atoms with Crippen molar-refractivity contribution in [2.45, 2.75) is 17.3 Å². The van der Waals surface area contributed by atoms with E-state index >= 15 is 0 Å². The minimum atomic E-state index is -0.521. The van der Waals surface area contributed by atoms with Crippen molar-refractivity contribution in [2.24, 2.45) is 7.05 Å². The van der Waals surface area contributed by atoms with E-state index in [9.17, 15) is 4.79 Å². The summed E-state index contributed by atoms with van der Waals surface area (Å²) in [6.45, 7) is 2.54. The second-order valence-electron chi connectivity index (χ2n) is 6.06. The van der Waals surface area contributed by atoms with Crippen LogP contribution in [0.25, 0.3) is 10.2 Å². The van der Waals surface area contributed by atoms with Gasteiger partial charge in [-0.1, -0.05) is 53.4 Å². The molecule has 1 atom stereocenters. The Hall–Kier alpha value is -2.98. The Morgan fingerprint density at radius 2 is 2.10 bits per heavy atom. The molecule has 1 amide bonds. The molecule has 2 heterocycles. The van der Waals surface area contributed by atoms with E-state index in [4.69, 9.17) is 4.74 Å². The number of carbonyl (C=O) groups is 1. The van der Waals surface area contributed by atoms with Crippen LogP contribution in [-0.2, 0) is 11.8 Å². The van der Waals surface area contributed by atoms with E-state index in [1.807, 2.05) is 55.5 Å². The molecule has 1 N–H and O–H groups in total. The maximum atomic E-state index is 13.1. The van der Waals surface area contributed by atoms with Gasteiger partial charge in [-0.25, -0.2) is 9.67 Å². The van der Waals surface area contributed by atoms with Gasteiger partial charge in [0.15, 0.2) is 5.13 Å². The number of amides is 1. The smallest absolute Gasteiger partial charge is 0.244 e. The van der Waals surface area contributed by atoms with E-state index in [2.05, 4.69) is 25.8 Å². The van der Waals surface area contributed by atoms with Crippen molar-refractivity contribution < 1.29 is 9.53 Å². The Balaban J connectivity index is 1.59. The number of rotatable bonds is 7. The number of ether oxygens (including phenoxy) is 1. The molecule has 0 saturated carbocycles. The van der Waals surface area contributed by atoms with Gasteiger partial charge in [-0.15, -0.1) is 5.10 Å². The van der Waals surface area contributed by atoms with Gasteiger partial charge in [-0.05, 0) is 41.1 Å². The molecule has 2 aromatic carbocycles. The van der Waals surface area contributed by atoms with Crippen LogP contribution < -0.4 is 10.1 Å². The number of anilines is 1. The fourth-order valence-corrected chi connectivity index (χ4v) is 4.55. The van der Waals surface area contributed by atoms with Crippen LogP contribution in [0, 0.1) is 0 Å². The van der Waals surface area contributed by atoms with Crippen LogP contribution in [0.1, 0.15) is 17.7 Å². The quantitative estimate of drug-likeness (QED) is 0.450. The van der Waals surface area contributed by atoms with Gasteiger partial charge in [0.25, 0.3) is 0 Å². The number of nitrogens with one attached hydrogen (secondary N) is 1. The van der Waals surface area contributed by atoms with Crippen LogP contribution in [0.3, 0.4) is 0 Å². The molecule has 0 aliphatic heterocycles. The number of carbonyl (C=O) groups excluding carboxylic acids is 1. The van der Waals surface area contributed by atoms with Crippen molar-refractivity contribution in [2.75, 3.05) is 11.9 Å². The van der Waals surface area contributed by atoms with Crippen LogP contribution in [0.15, 0.2) is 53.7 Å². The van der Waals surface area contributed by atoms with Crippen molar-refractivity contribution in [3.63, 3.8) is 0 Å². The van der Waals surface area contributed by atoms with Crippen molar-refractivity contribution in [3.05, 3.63) is 54.1 Å². The minimum Gasteiger partial charge on any atom is -0.494 e. The third kappa shape index (κ3) is 4.38. The Bertz CT molecular complexity index is 1130. The van der Waals surface area contributed by atoms with Crippen molar-refractivity contribution in [1.82, 2.24) is 25.2 Å². The predicted octanol–water partition coefficient (Wildman–Crippen LogP) is 3.69. The highest BCUT2D eigenvalue weighted by Gasteiger charge is 2.25. The number of aryl methyl sites for hydroxylation is 1. The second kappa shape index (κ2) is 8.58. The fraction of sp³-hybridized carbons (Fsp3) is 0.211. The van der Waals surface area contributed by atoms with E-state index in [-0.39, 0.29) is 5.91 Å². The normalized spacial score (nSPS) is 12.1. The molecule has 0 saturated heterocycles. The first kappa shape index (κ1) is 19.3. The Labute approximate surface area is 175 Å². The molecule has 0 unspecified atom stereocenters. The molecule has 2 aromatic heterocycles. The average Bonchev–Trinajstić information content (AvgIpc) is 3.31. The number of tetrazole rings is 1. The third-order valence-corrected chi connectivity index (χ3v) is 6.26. The summed E-state index contributed by atoms with van der Waals surface area (Å²) in [5, 5.41) is 15.0. The van der Waals surface area contributed by atoms with Crippen molar-refractivity contribution >= 4 is 44.4 Å². The standard InChI is InChI=1S/C19H18N6O2S2/c1-3-27-13-9-10-14-15(11-13)28-18(20-14)21-17(26)16(12-7-5-4-6-8-12)29-19-22-23-24-25(19)2/h4-11,16H,3H2,1-2H3,(H,20,21,26)/t16-/m1/s1. The zero-order chi connectivity index (χ0) is 20.2. The van der Waals surface area contributed by atoms with Crippen LogP contribution in [0.2, 0.25) is 0 Å². The maximum Gasteiger partial charge on any atom is 0.244 e. The van der Waals surface area contributed by atoms with Crippen molar-refractivity contribution in [3.8, 4) is 5.75 Å². The lowest BCUT2D eigenvalue weighted by Gasteiger charge is -2.14. The zero-order valence-corrected chi connectivity index (χ0v) is 17.4. The zero-order valence-electron chi connectivity index (χ0n) is 15.8. The number of benzene rings is 2. The van der Waals surface area contributed by atoms with Crippen LogP contribution in [-0.4, -0.2) is 37.7 Å². The molecule has 0 aliphatic rings. The lowest BCUT2D eigenvalue weighted by molar-refractivity contribution is -0.115. The number of aromatic nitrogens is 5. The Kier molecular flexibility index (Phi) is 5.72. The highest BCUT2D eigenvalue weighted by Crippen LogP contribution is 2.36. The first-order valence-electron chi connectivity index (χ1n) is 8.92. The van der Waals surface area contributed by atoms with E-state index in [1.54, 1.807) is 11.7 Å². The van der Waals surface area contributed by atoms with Crippen LogP contribution >= 0.6 is 23.1 Å². The number of thioether (sulfide) groups is 1. The van der Waals surface area contributed by atoms with Gasteiger partial charge in [0, 0.05) is 7.05 Å². The molecule has 10 heteroatoms. The predicted molar refractivity (Wildman–Crippen MR) is 113 cm³/mol. The first-order chi connectivity index (χ1) is 14.1. The summed E-state index contributed by atoms with van der Waals surface area (Å²) < 4.78 is 8.03. The molecule has 0 aliphatic carbocycles. The fourth-order valence-electron chi connectivity index (χ4n) is 2.71. The number of hydrogen-bond acceptors (Lipinski definition) is 8. The molecule has 0 radical (unpaired) electrons. The minimum absolute atomic E-state index is 0.187. The highest BCUT2D eigenvalue weighted by atomic mass is 32.2. The maximum absolute atomic E-state index is 13.1. The molecular formula is C19H18N6O2S2. The molecule has 0 spiro atoms. The molecule has 8 nitrogen and oxygen atoms in total. The lowest BCUT2D eigenvalue weighted by Crippen LogP contribution is -2.19. The van der Waals surface area contributed by atoms with Gasteiger partial charge in [0.05, 0.1) is 16.8 Å². The van der Waals surface area contributed by atoms with Crippen LogP contribution in [0.5, 0.6) is 5.75 Å². The molecular weight excluding hydrogens is 408 g/mol. The average molecular weight is 427 g/mol. The summed E-state index contributed by atoms with van der Waals surface area (Å²) >= 11 is 2.70. The molecule has 0 fully saturated rings. The van der Waals surface area contributed by atoms with Crippen LogP contribution in [0.4, 0.5) is 5.13 Å². The van der Waals surface area contributed by atoms with E-state index in [1.165, 1.54) is 23.1 Å². The summed E-state index contributed by atoms with van der Waals surface area (Å²) in [5.74, 6) is 0.599. The molecule has 148 valence electrons. The topological polar surface area (TPSA) is 94.8 Å². The van der Waals surface area contributed by atoms with Gasteiger partial charge in [-0.3, -0.25) is 4.79 Å². The number of nitrogens with zero attached hydrogens (tertiary/aromatic N) is 5. The number of thiazole rings is 1. The van der Waals surface area contributed by atoms with E-state index in [0.29, 0.717) is 16.9 Å². The number of fused-ring (bicyclic) bond motifs is 1. The lowest BCUT2D eigenvalue weighted by atomic mass is 10.1. The first-order valence-corrected chi connectivity index (χ1v) is 10.6. The van der Waals surface area contributed by atoms with Crippen molar-refractivity contribution in [1.29, 1.82) is 0 Å². The largest absolute Gasteiger partial charge is 0.494 e. The van der Waals surface area contributed by atoms with Gasteiger partial charge in [0.2, 0.25) is 11.1 Å².